The molecule has 3 rings (SSSR count). The quantitative estimate of drug-likeness (QED) is 0.884. The van der Waals surface area contributed by atoms with E-state index < -0.39 is 7.29 Å². The van der Waals surface area contributed by atoms with E-state index in [1.165, 1.54) is 17.7 Å². The van der Waals surface area contributed by atoms with Crippen LogP contribution in [0.4, 0.5) is 5.82 Å². The van der Waals surface area contributed by atoms with Gasteiger partial charge < -0.3 is 5.09 Å². The van der Waals surface area contributed by atoms with Crippen molar-refractivity contribution in [1.82, 2.24) is 9.97 Å². The van der Waals surface area contributed by atoms with E-state index in [9.17, 15) is 4.57 Å². The molecule has 2 aromatic rings. The molecule has 1 aliphatic carbocycles. The second-order valence-corrected chi connectivity index (χ2v) is 8.71. The molecule has 2 aromatic heterocycles. The average molecular weight is 293 g/mol. The van der Waals surface area contributed by atoms with Crippen molar-refractivity contribution in [2.75, 3.05) is 11.8 Å². The Morgan fingerprint density at radius 2 is 2.16 bits per heavy atom. The lowest BCUT2D eigenvalue weighted by Gasteiger charge is -2.12. The van der Waals surface area contributed by atoms with Crippen LogP contribution in [0.1, 0.15) is 23.4 Å². The number of rotatable bonds is 3. The van der Waals surface area contributed by atoms with E-state index in [1.807, 2.05) is 18.2 Å². The van der Waals surface area contributed by atoms with Crippen LogP contribution in [0.3, 0.4) is 0 Å². The summed E-state index contributed by atoms with van der Waals surface area (Å²) in [5.74, 6) is 0.640. The molecule has 1 aliphatic rings. The summed E-state index contributed by atoms with van der Waals surface area (Å²) in [4.78, 5) is 10.1. The molecule has 0 amide bonds. The Bertz CT molecular complexity index is 603. The highest BCUT2D eigenvalue weighted by molar-refractivity contribution is 7.77. The molecule has 0 saturated heterocycles. The zero-order chi connectivity index (χ0) is 13.3. The highest BCUT2D eigenvalue weighted by atomic mass is 32.1. The van der Waals surface area contributed by atoms with E-state index in [1.54, 1.807) is 24.2 Å². The summed E-state index contributed by atoms with van der Waals surface area (Å²) in [6.45, 7) is 1.73. The molecule has 6 heteroatoms. The smallest absolute Gasteiger partial charge is 0.224 e. The first-order chi connectivity index (χ1) is 9.15. The van der Waals surface area contributed by atoms with Crippen molar-refractivity contribution in [3.63, 3.8) is 0 Å². The number of aryl methyl sites for hydroxylation is 2. The van der Waals surface area contributed by atoms with Crippen LogP contribution in [0.2, 0.25) is 0 Å². The Kier molecular flexibility index (Phi) is 3.42. The molecule has 0 saturated carbocycles. The van der Waals surface area contributed by atoms with E-state index in [4.69, 9.17) is 0 Å². The topological polar surface area (TPSA) is 54.9 Å². The number of thiazole rings is 1. The third kappa shape index (κ3) is 2.72. The lowest BCUT2D eigenvalue weighted by molar-refractivity contribution is 0.587. The standard InChI is InChI=1S/C13H16N3OPS/c1-18(17,16-12-8-4-5-9-14-12)13-15-10-6-2-3-7-11(10)19-13/h4-5,8-9H,2-3,6-7H2,1H3,(H,14,16,17)/t18-/m1/s1. The van der Waals surface area contributed by atoms with Crippen LogP contribution < -0.4 is 9.84 Å². The number of anilines is 1. The highest BCUT2D eigenvalue weighted by Crippen LogP contribution is 2.42. The molecule has 0 bridgehead atoms. The van der Waals surface area contributed by atoms with Crippen molar-refractivity contribution in [3.8, 4) is 0 Å². The minimum absolute atomic E-state index is 0.640. The van der Waals surface area contributed by atoms with Gasteiger partial charge in [-0.1, -0.05) is 6.07 Å². The minimum Gasteiger partial charge on any atom is -0.316 e. The van der Waals surface area contributed by atoms with Crippen LogP contribution in [-0.4, -0.2) is 16.6 Å². The summed E-state index contributed by atoms with van der Waals surface area (Å²) in [5, 5.41) is 3.04. The molecule has 0 unspecified atom stereocenters. The molecule has 19 heavy (non-hydrogen) atoms. The first kappa shape index (κ1) is 12.8. The molecule has 0 spiro atoms. The highest BCUT2D eigenvalue weighted by Gasteiger charge is 2.26. The normalized spacial score (nSPS) is 17.5. The maximum Gasteiger partial charge on any atom is 0.224 e. The van der Waals surface area contributed by atoms with Gasteiger partial charge in [0.15, 0.2) is 4.75 Å². The fourth-order valence-corrected chi connectivity index (χ4v) is 5.25. The van der Waals surface area contributed by atoms with Gasteiger partial charge in [-0.2, -0.15) is 0 Å². The maximum atomic E-state index is 12.8. The third-order valence-electron chi connectivity index (χ3n) is 3.19. The molecule has 0 aromatic carbocycles. The fourth-order valence-electron chi connectivity index (χ4n) is 2.22. The predicted octanol–water partition coefficient (Wildman–Crippen LogP) is 3.06. The molecule has 0 aliphatic heterocycles. The van der Waals surface area contributed by atoms with Gasteiger partial charge in [-0.05, 0) is 37.8 Å². The average Bonchev–Trinajstić information content (AvgIpc) is 2.84. The zero-order valence-corrected chi connectivity index (χ0v) is 12.5. The van der Waals surface area contributed by atoms with Gasteiger partial charge in [0.25, 0.3) is 0 Å². The second kappa shape index (κ2) is 5.06. The number of nitrogens with one attached hydrogen (secondary N) is 1. The van der Waals surface area contributed by atoms with Crippen LogP contribution in [-0.2, 0) is 17.4 Å². The fraction of sp³-hybridized carbons (Fsp3) is 0.385. The van der Waals surface area contributed by atoms with Gasteiger partial charge in [0.2, 0.25) is 7.29 Å². The number of fused-ring (bicyclic) bond motifs is 1. The Morgan fingerprint density at radius 1 is 1.32 bits per heavy atom. The molecule has 100 valence electrons. The maximum absolute atomic E-state index is 12.8. The van der Waals surface area contributed by atoms with Gasteiger partial charge in [0, 0.05) is 17.7 Å². The van der Waals surface area contributed by atoms with Crippen LogP contribution in [0.15, 0.2) is 24.4 Å². The van der Waals surface area contributed by atoms with Gasteiger partial charge in [-0.15, -0.1) is 11.3 Å². The SMILES string of the molecule is C[P@](=O)(Nc1ccccn1)c1nc2c(s1)CCCC2. The molecule has 2 heterocycles. The number of hydrogen-bond acceptors (Lipinski definition) is 4. The van der Waals surface area contributed by atoms with Crippen molar-refractivity contribution in [1.29, 1.82) is 0 Å². The summed E-state index contributed by atoms with van der Waals surface area (Å²) < 4.78 is 13.5. The number of aromatic nitrogens is 2. The third-order valence-corrected chi connectivity index (χ3v) is 6.96. The molecule has 0 fully saturated rings. The molecular weight excluding hydrogens is 277 g/mol. The Balaban J connectivity index is 1.87. The first-order valence-corrected chi connectivity index (χ1v) is 9.38. The van der Waals surface area contributed by atoms with E-state index >= 15 is 0 Å². The summed E-state index contributed by atoms with van der Waals surface area (Å²) in [6, 6.07) is 5.54. The van der Waals surface area contributed by atoms with Crippen LogP contribution in [0.25, 0.3) is 0 Å². The Labute approximate surface area is 116 Å². The molecule has 4 nitrogen and oxygen atoms in total. The van der Waals surface area contributed by atoms with Crippen molar-refractivity contribution < 1.29 is 4.57 Å². The summed E-state index contributed by atoms with van der Waals surface area (Å²) in [5.41, 5.74) is 1.15. The largest absolute Gasteiger partial charge is 0.316 e. The van der Waals surface area contributed by atoms with Crippen molar-refractivity contribution in [3.05, 3.63) is 35.0 Å². The summed E-state index contributed by atoms with van der Waals surface area (Å²) in [7, 11) is -2.68. The molecular formula is C13H16N3OPS. The van der Waals surface area contributed by atoms with Gasteiger partial charge in [-0.3, -0.25) is 4.57 Å². The van der Waals surface area contributed by atoms with Crippen molar-refractivity contribution in [2.24, 2.45) is 0 Å². The van der Waals surface area contributed by atoms with E-state index in [2.05, 4.69) is 15.1 Å². The second-order valence-electron chi connectivity index (χ2n) is 4.82. The van der Waals surface area contributed by atoms with Crippen LogP contribution >= 0.6 is 18.6 Å². The lowest BCUT2D eigenvalue weighted by atomic mass is 10.0. The Hall–Kier alpha value is -1.19. The van der Waals surface area contributed by atoms with Crippen molar-refractivity contribution >= 4 is 29.2 Å². The lowest BCUT2D eigenvalue weighted by Crippen LogP contribution is -2.11. The van der Waals surface area contributed by atoms with Gasteiger partial charge in [0.1, 0.15) is 5.82 Å². The summed E-state index contributed by atoms with van der Waals surface area (Å²) >= 11 is 1.60. The van der Waals surface area contributed by atoms with Crippen LogP contribution in [0, 0.1) is 0 Å². The molecule has 0 radical (unpaired) electrons. The predicted molar refractivity (Wildman–Crippen MR) is 79.8 cm³/mol. The number of hydrogen-bond donors (Lipinski definition) is 1. The molecule has 1 N–H and O–H groups in total. The van der Waals surface area contributed by atoms with Gasteiger partial charge in [-0.25, -0.2) is 9.97 Å². The number of pyridine rings is 1. The summed E-state index contributed by atoms with van der Waals surface area (Å²) in [6.07, 6.45) is 6.20. The Morgan fingerprint density at radius 3 is 2.89 bits per heavy atom. The van der Waals surface area contributed by atoms with Gasteiger partial charge >= 0.3 is 0 Å². The monoisotopic (exact) mass is 293 g/mol. The van der Waals surface area contributed by atoms with E-state index in [-0.39, 0.29) is 0 Å². The van der Waals surface area contributed by atoms with Crippen LogP contribution in [0.5, 0.6) is 0 Å². The first-order valence-electron chi connectivity index (χ1n) is 6.41. The zero-order valence-electron chi connectivity index (χ0n) is 10.8. The van der Waals surface area contributed by atoms with Gasteiger partial charge in [0.05, 0.1) is 5.69 Å². The van der Waals surface area contributed by atoms with E-state index in [0.29, 0.717) is 5.82 Å². The van der Waals surface area contributed by atoms with Crippen molar-refractivity contribution in [2.45, 2.75) is 25.7 Å². The minimum atomic E-state index is -2.68. The number of nitrogens with zero attached hydrogens (tertiary/aromatic N) is 2. The van der Waals surface area contributed by atoms with E-state index in [0.717, 1.165) is 23.3 Å². The molecule has 1 atom stereocenters.